The highest BCUT2D eigenvalue weighted by Crippen LogP contribution is 2.18. The Hall–Kier alpha value is -1.88. The molecule has 5 nitrogen and oxygen atoms in total. The lowest BCUT2D eigenvalue weighted by molar-refractivity contribution is -0.657. The summed E-state index contributed by atoms with van der Waals surface area (Å²) < 4.78 is 3.88. The molecule has 1 heterocycles. The molecule has 0 aliphatic carbocycles. The number of benzene rings is 1. The number of halogens is 1. The van der Waals surface area contributed by atoms with Gasteiger partial charge in [0, 0.05) is 17.3 Å². The first-order valence-electron chi connectivity index (χ1n) is 7.97. The van der Waals surface area contributed by atoms with Crippen molar-refractivity contribution in [3.8, 4) is 0 Å². The van der Waals surface area contributed by atoms with Crippen molar-refractivity contribution in [2.75, 3.05) is 11.9 Å². The molecule has 126 valence electrons. The second-order valence-electron chi connectivity index (χ2n) is 5.55. The number of aromatic nitrogens is 2. The first-order chi connectivity index (χ1) is 10.7. The third kappa shape index (κ3) is 6.02. The summed E-state index contributed by atoms with van der Waals surface area (Å²) in [4.78, 5) is 0. The summed E-state index contributed by atoms with van der Waals surface area (Å²) in [7, 11) is 3.92. The van der Waals surface area contributed by atoms with Crippen LogP contribution in [0.5, 0.6) is 0 Å². The van der Waals surface area contributed by atoms with E-state index in [1.165, 1.54) is 25.7 Å². The first-order valence-corrected chi connectivity index (χ1v) is 7.97. The minimum absolute atomic E-state index is 0. The molecular formula is C17H26ClN5. The van der Waals surface area contributed by atoms with Crippen LogP contribution in [0.2, 0.25) is 0 Å². The van der Waals surface area contributed by atoms with E-state index in [-0.39, 0.29) is 12.4 Å². The van der Waals surface area contributed by atoms with E-state index in [0.29, 0.717) is 0 Å². The smallest absolute Gasteiger partial charge is 0.421 e. The van der Waals surface area contributed by atoms with Gasteiger partial charge in [0.1, 0.15) is 5.69 Å². The standard InChI is InChI=1S/C17H25N5.ClH/c1-4-5-6-7-12-18-15-8-10-16(11-9-15)19-20-17-21(2)13-14-22(17)3;/h8-11,13-14H,4-7,12H2,1-3H3;1H. The van der Waals surface area contributed by atoms with Crippen molar-refractivity contribution >= 4 is 17.3 Å². The second-order valence-corrected chi connectivity index (χ2v) is 5.55. The minimum atomic E-state index is 0. The molecule has 0 aliphatic rings. The van der Waals surface area contributed by atoms with Crippen molar-refractivity contribution in [3.05, 3.63) is 36.7 Å². The maximum atomic E-state index is 4.29. The van der Waals surface area contributed by atoms with Crippen molar-refractivity contribution in [2.45, 2.75) is 32.6 Å². The van der Waals surface area contributed by atoms with Gasteiger partial charge < -0.3 is 17.7 Å². The molecule has 2 rings (SSSR count). The Labute approximate surface area is 144 Å². The lowest BCUT2D eigenvalue weighted by Gasteiger charge is -2.05. The number of rotatable bonds is 8. The molecule has 1 aromatic carbocycles. The van der Waals surface area contributed by atoms with Crippen molar-refractivity contribution < 1.29 is 17.0 Å². The lowest BCUT2D eigenvalue weighted by Crippen LogP contribution is -3.00. The number of imidazole rings is 1. The first kappa shape index (κ1) is 19.2. The second kappa shape index (κ2) is 10.0. The normalized spacial score (nSPS) is 10.7. The van der Waals surface area contributed by atoms with Crippen LogP contribution in [0.4, 0.5) is 17.3 Å². The molecule has 1 aromatic heterocycles. The van der Waals surface area contributed by atoms with Crippen LogP contribution < -0.4 is 22.3 Å². The van der Waals surface area contributed by atoms with Crippen LogP contribution >= 0.6 is 0 Å². The molecule has 0 unspecified atom stereocenters. The Kier molecular flexibility index (Phi) is 8.33. The Morgan fingerprint density at radius 1 is 1.09 bits per heavy atom. The maximum Gasteiger partial charge on any atom is 0.421 e. The van der Waals surface area contributed by atoms with E-state index in [0.717, 1.165) is 23.9 Å². The van der Waals surface area contributed by atoms with Gasteiger partial charge in [-0.1, -0.05) is 31.3 Å². The van der Waals surface area contributed by atoms with E-state index < -0.39 is 0 Å². The van der Waals surface area contributed by atoms with Gasteiger partial charge in [-0.2, -0.15) is 0 Å². The summed E-state index contributed by atoms with van der Waals surface area (Å²) >= 11 is 0. The maximum absolute atomic E-state index is 4.29. The summed E-state index contributed by atoms with van der Waals surface area (Å²) in [5.74, 6) is 0.818. The van der Waals surface area contributed by atoms with Crippen LogP contribution in [0.15, 0.2) is 46.9 Å². The van der Waals surface area contributed by atoms with Crippen LogP contribution in [0.1, 0.15) is 32.6 Å². The van der Waals surface area contributed by atoms with E-state index in [1.807, 2.05) is 47.8 Å². The van der Waals surface area contributed by atoms with E-state index in [1.54, 1.807) is 0 Å². The summed E-state index contributed by atoms with van der Waals surface area (Å²) in [5, 5.41) is 12.0. The number of nitrogens with one attached hydrogen (secondary N) is 1. The van der Waals surface area contributed by atoms with E-state index >= 15 is 0 Å². The average Bonchev–Trinajstić information content (AvgIpc) is 2.85. The third-order valence-electron chi connectivity index (χ3n) is 3.63. The van der Waals surface area contributed by atoms with Gasteiger partial charge in [-0.05, 0) is 30.7 Å². The summed E-state index contributed by atoms with van der Waals surface area (Å²) in [6.07, 6.45) is 9.03. The molecule has 2 aromatic rings. The zero-order chi connectivity index (χ0) is 15.8. The largest absolute Gasteiger partial charge is 1.00 e. The highest BCUT2D eigenvalue weighted by molar-refractivity contribution is 5.50. The molecule has 0 radical (unpaired) electrons. The van der Waals surface area contributed by atoms with E-state index in [4.69, 9.17) is 0 Å². The summed E-state index contributed by atoms with van der Waals surface area (Å²) in [5.41, 5.74) is 2.00. The van der Waals surface area contributed by atoms with Crippen molar-refractivity contribution in [1.82, 2.24) is 4.57 Å². The summed E-state index contributed by atoms with van der Waals surface area (Å²) in [6.45, 7) is 3.26. The van der Waals surface area contributed by atoms with Gasteiger partial charge in [-0.3, -0.25) is 0 Å². The molecule has 0 saturated heterocycles. The molecule has 0 aliphatic heterocycles. The number of unbranched alkanes of at least 4 members (excludes halogenated alkanes) is 3. The number of aryl methyl sites for hydroxylation is 2. The SMILES string of the molecule is CCCCCCNc1ccc(N=Nc2n(C)cc[n+]2C)cc1.[Cl-]. The van der Waals surface area contributed by atoms with Crippen LogP contribution in [0.25, 0.3) is 0 Å². The Bertz CT molecular complexity index is 584. The Balaban J connectivity index is 0.00000264. The van der Waals surface area contributed by atoms with Crippen LogP contribution in [-0.4, -0.2) is 11.1 Å². The molecule has 6 heteroatoms. The predicted molar refractivity (Wildman–Crippen MR) is 89.8 cm³/mol. The Morgan fingerprint density at radius 2 is 1.83 bits per heavy atom. The number of hydrogen-bond donors (Lipinski definition) is 1. The molecule has 0 amide bonds. The fraction of sp³-hybridized carbons (Fsp3) is 0.471. The van der Waals surface area contributed by atoms with Crippen LogP contribution in [0.3, 0.4) is 0 Å². The number of nitrogens with zero attached hydrogens (tertiary/aromatic N) is 4. The Morgan fingerprint density at radius 3 is 2.43 bits per heavy atom. The van der Waals surface area contributed by atoms with Gasteiger partial charge in [0.05, 0.1) is 26.5 Å². The van der Waals surface area contributed by atoms with Gasteiger partial charge in [-0.25, -0.2) is 9.13 Å². The number of hydrogen-bond acceptors (Lipinski definition) is 3. The van der Waals surface area contributed by atoms with Gasteiger partial charge in [0.2, 0.25) is 0 Å². The molecule has 0 saturated carbocycles. The highest BCUT2D eigenvalue weighted by atomic mass is 35.5. The zero-order valence-corrected chi connectivity index (χ0v) is 14.9. The fourth-order valence-corrected chi connectivity index (χ4v) is 2.26. The van der Waals surface area contributed by atoms with Crippen molar-refractivity contribution in [2.24, 2.45) is 24.3 Å². The van der Waals surface area contributed by atoms with Crippen LogP contribution in [0, 0.1) is 0 Å². The van der Waals surface area contributed by atoms with Crippen molar-refractivity contribution in [3.63, 3.8) is 0 Å². The van der Waals surface area contributed by atoms with E-state index in [9.17, 15) is 0 Å². The molecule has 0 atom stereocenters. The molecule has 1 N–H and O–H groups in total. The topological polar surface area (TPSA) is 45.6 Å². The third-order valence-corrected chi connectivity index (χ3v) is 3.63. The van der Waals surface area contributed by atoms with E-state index in [2.05, 4.69) is 34.6 Å². The van der Waals surface area contributed by atoms with Gasteiger partial charge in [0.15, 0.2) is 0 Å². The lowest BCUT2D eigenvalue weighted by atomic mass is 10.2. The molecule has 0 fully saturated rings. The van der Waals surface area contributed by atoms with Gasteiger partial charge in [-0.15, -0.1) is 0 Å². The van der Waals surface area contributed by atoms with Gasteiger partial charge >= 0.3 is 5.95 Å². The highest BCUT2D eigenvalue weighted by Gasteiger charge is 2.10. The molecule has 0 spiro atoms. The van der Waals surface area contributed by atoms with Gasteiger partial charge in [0.25, 0.3) is 0 Å². The predicted octanol–water partition coefficient (Wildman–Crippen LogP) is 1.26. The van der Waals surface area contributed by atoms with Crippen molar-refractivity contribution in [1.29, 1.82) is 0 Å². The zero-order valence-electron chi connectivity index (χ0n) is 14.2. The summed E-state index contributed by atoms with van der Waals surface area (Å²) in [6, 6.07) is 8.08. The fourth-order valence-electron chi connectivity index (χ4n) is 2.26. The minimum Gasteiger partial charge on any atom is -1.00 e. The van der Waals surface area contributed by atoms with Crippen LogP contribution in [-0.2, 0) is 14.1 Å². The number of anilines is 1. The monoisotopic (exact) mass is 335 g/mol. The average molecular weight is 336 g/mol. The molecule has 0 bridgehead atoms. The quantitative estimate of drug-likeness (QED) is 0.440. The molecule has 23 heavy (non-hydrogen) atoms. The number of azo groups is 1. The molecular weight excluding hydrogens is 310 g/mol.